The first-order chi connectivity index (χ1) is 14.6. The molecule has 1 fully saturated rings. The summed E-state index contributed by atoms with van der Waals surface area (Å²) >= 11 is 0. The summed E-state index contributed by atoms with van der Waals surface area (Å²) in [6.07, 6.45) is 0.985. The van der Waals surface area contributed by atoms with Crippen molar-refractivity contribution in [2.75, 3.05) is 18.4 Å². The largest absolute Gasteiger partial charge is 0.420 e. The summed E-state index contributed by atoms with van der Waals surface area (Å²) in [5.41, 5.74) is 0.435. The molecule has 3 aromatic rings. The highest BCUT2D eigenvalue weighted by atomic mass is 32.2. The van der Waals surface area contributed by atoms with E-state index < -0.39 is 21.7 Å². The Kier molecular flexibility index (Phi) is 5.48. The van der Waals surface area contributed by atoms with Crippen LogP contribution in [0.5, 0.6) is 0 Å². The molecule has 31 heavy (non-hydrogen) atoms. The third kappa shape index (κ3) is 4.28. The standard InChI is InChI=1S/C20H24N4O6S/c1-12-6-13(2)10-23(9-12)31(27,28)15-4-5-16-17(8-15)29-20(26)24(16)11-19(25)21-18-7-14(3)30-22-18/h4-5,7-8,12-13H,6,9-11H2,1-3H3,(H,21,22,25)/t12-,13-/m1/s1. The second kappa shape index (κ2) is 7.97. The summed E-state index contributed by atoms with van der Waals surface area (Å²) in [6.45, 7) is 6.35. The van der Waals surface area contributed by atoms with Gasteiger partial charge in [0.15, 0.2) is 11.4 Å². The van der Waals surface area contributed by atoms with Crippen LogP contribution < -0.4 is 11.1 Å². The second-order valence-electron chi connectivity index (χ2n) is 8.22. The molecule has 166 valence electrons. The van der Waals surface area contributed by atoms with Crippen molar-refractivity contribution in [2.24, 2.45) is 11.8 Å². The third-order valence-electron chi connectivity index (χ3n) is 5.31. The van der Waals surface area contributed by atoms with E-state index in [1.54, 1.807) is 13.0 Å². The molecule has 2 atom stereocenters. The van der Waals surface area contributed by atoms with E-state index in [9.17, 15) is 18.0 Å². The molecule has 0 aliphatic carbocycles. The third-order valence-corrected chi connectivity index (χ3v) is 7.14. The molecule has 2 aromatic heterocycles. The van der Waals surface area contributed by atoms with Crippen molar-refractivity contribution in [2.45, 2.75) is 38.6 Å². The molecule has 1 N–H and O–H groups in total. The number of aromatic nitrogens is 2. The van der Waals surface area contributed by atoms with Gasteiger partial charge in [-0.3, -0.25) is 9.36 Å². The highest BCUT2D eigenvalue weighted by Crippen LogP contribution is 2.28. The Morgan fingerprint density at radius 1 is 1.23 bits per heavy atom. The van der Waals surface area contributed by atoms with Gasteiger partial charge < -0.3 is 14.3 Å². The number of piperidine rings is 1. The maximum atomic E-state index is 13.1. The Hall–Kier alpha value is -2.92. The van der Waals surface area contributed by atoms with Gasteiger partial charge >= 0.3 is 5.76 Å². The molecular formula is C20H24N4O6S. The predicted octanol–water partition coefficient (Wildman–Crippen LogP) is 2.20. The zero-order valence-electron chi connectivity index (χ0n) is 17.5. The van der Waals surface area contributed by atoms with Gasteiger partial charge in [-0.15, -0.1) is 0 Å². The summed E-state index contributed by atoms with van der Waals surface area (Å²) in [4.78, 5) is 24.6. The van der Waals surface area contributed by atoms with Crippen LogP contribution in [0.25, 0.3) is 11.1 Å². The van der Waals surface area contributed by atoms with Gasteiger partial charge in [0.25, 0.3) is 0 Å². The van der Waals surface area contributed by atoms with E-state index in [2.05, 4.69) is 10.5 Å². The van der Waals surface area contributed by atoms with Crippen LogP contribution in [0.2, 0.25) is 0 Å². The smallest absolute Gasteiger partial charge is 0.408 e. The first-order valence-electron chi connectivity index (χ1n) is 10.00. The number of anilines is 1. The van der Waals surface area contributed by atoms with Crippen molar-refractivity contribution in [1.82, 2.24) is 14.0 Å². The summed E-state index contributed by atoms with van der Waals surface area (Å²) in [6, 6.07) is 5.81. The highest BCUT2D eigenvalue weighted by molar-refractivity contribution is 7.89. The number of carbonyl (C=O) groups excluding carboxylic acids is 1. The number of sulfonamides is 1. The topological polar surface area (TPSA) is 128 Å². The second-order valence-corrected chi connectivity index (χ2v) is 10.2. The molecule has 3 heterocycles. The Balaban J connectivity index is 1.59. The van der Waals surface area contributed by atoms with Crippen LogP contribution in [0, 0.1) is 18.8 Å². The molecule has 4 rings (SSSR count). The summed E-state index contributed by atoms with van der Waals surface area (Å²) in [5.74, 6) is 0.0677. The first kappa shape index (κ1) is 21.3. The van der Waals surface area contributed by atoms with Gasteiger partial charge in [-0.2, -0.15) is 4.31 Å². The number of nitrogens with one attached hydrogen (secondary N) is 1. The molecule has 1 aromatic carbocycles. The fourth-order valence-electron chi connectivity index (χ4n) is 4.06. The Morgan fingerprint density at radius 2 is 1.94 bits per heavy atom. The molecule has 0 unspecified atom stereocenters. The summed E-state index contributed by atoms with van der Waals surface area (Å²) < 4.78 is 39.0. The van der Waals surface area contributed by atoms with Crippen molar-refractivity contribution < 1.29 is 22.2 Å². The Bertz CT molecular complexity index is 1280. The molecule has 1 aliphatic rings. The van der Waals surface area contributed by atoms with Gasteiger partial charge in [0.05, 0.1) is 10.4 Å². The minimum atomic E-state index is -3.72. The Morgan fingerprint density at radius 3 is 2.58 bits per heavy atom. The van der Waals surface area contributed by atoms with Crippen molar-refractivity contribution >= 4 is 32.8 Å². The summed E-state index contributed by atoms with van der Waals surface area (Å²) in [7, 11) is -3.72. The van der Waals surface area contributed by atoms with Gasteiger partial charge in [0.1, 0.15) is 12.3 Å². The van der Waals surface area contributed by atoms with Crippen LogP contribution >= 0.6 is 0 Å². The lowest BCUT2D eigenvalue weighted by Gasteiger charge is -2.34. The number of nitrogens with zero attached hydrogens (tertiary/aromatic N) is 3. The van der Waals surface area contributed by atoms with Gasteiger partial charge in [-0.05, 0) is 37.3 Å². The molecule has 1 aliphatic heterocycles. The number of aryl methyl sites for hydroxylation is 1. The average Bonchev–Trinajstić information content (AvgIpc) is 3.23. The maximum Gasteiger partial charge on any atom is 0.420 e. The van der Waals surface area contributed by atoms with E-state index in [1.165, 1.54) is 22.5 Å². The van der Waals surface area contributed by atoms with Gasteiger partial charge in [0, 0.05) is 25.2 Å². The van der Waals surface area contributed by atoms with Gasteiger partial charge in [-0.1, -0.05) is 19.0 Å². The molecule has 0 bridgehead atoms. The zero-order chi connectivity index (χ0) is 22.3. The van der Waals surface area contributed by atoms with Crippen molar-refractivity contribution in [3.05, 3.63) is 40.6 Å². The number of fused-ring (bicyclic) bond motifs is 1. The predicted molar refractivity (Wildman–Crippen MR) is 112 cm³/mol. The number of oxazole rings is 1. The lowest BCUT2D eigenvalue weighted by Crippen LogP contribution is -2.42. The quantitative estimate of drug-likeness (QED) is 0.634. The van der Waals surface area contributed by atoms with E-state index in [1.807, 2.05) is 13.8 Å². The monoisotopic (exact) mass is 448 g/mol. The molecule has 10 nitrogen and oxygen atoms in total. The molecule has 0 spiro atoms. The number of hydrogen-bond acceptors (Lipinski definition) is 7. The first-order valence-corrected chi connectivity index (χ1v) is 11.4. The van der Waals surface area contributed by atoms with Crippen LogP contribution in [-0.4, -0.2) is 41.4 Å². The normalized spacial score (nSPS) is 20.2. The fraction of sp³-hybridized carbons (Fsp3) is 0.450. The van der Waals surface area contributed by atoms with Gasteiger partial charge in [0.2, 0.25) is 15.9 Å². The van der Waals surface area contributed by atoms with Crippen LogP contribution in [-0.2, 0) is 21.4 Å². The van der Waals surface area contributed by atoms with Crippen molar-refractivity contribution in [3.63, 3.8) is 0 Å². The minimum Gasteiger partial charge on any atom is -0.408 e. The number of rotatable bonds is 5. The number of benzene rings is 1. The molecule has 1 saturated heterocycles. The van der Waals surface area contributed by atoms with E-state index in [0.717, 1.165) is 11.0 Å². The molecule has 11 heteroatoms. The van der Waals surface area contributed by atoms with Gasteiger partial charge in [-0.25, -0.2) is 13.2 Å². The highest BCUT2D eigenvalue weighted by Gasteiger charge is 2.32. The number of hydrogen-bond donors (Lipinski definition) is 1. The van der Waals surface area contributed by atoms with Crippen molar-refractivity contribution in [1.29, 1.82) is 0 Å². The zero-order valence-corrected chi connectivity index (χ0v) is 18.3. The van der Waals surface area contributed by atoms with Crippen LogP contribution in [0.1, 0.15) is 26.0 Å². The fourth-order valence-corrected chi connectivity index (χ4v) is 5.75. The van der Waals surface area contributed by atoms with E-state index in [4.69, 9.17) is 8.94 Å². The molecular weight excluding hydrogens is 424 g/mol. The minimum absolute atomic E-state index is 0.0599. The maximum absolute atomic E-state index is 13.1. The van der Waals surface area contributed by atoms with E-state index in [-0.39, 0.29) is 34.7 Å². The number of amides is 1. The lowest BCUT2D eigenvalue weighted by molar-refractivity contribution is -0.116. The Labute approximate surface area is 178 Å². The number of carbonyl (C=O) groups is 1. The average molecular weight is 449 g/mol. The molecule has 1 amide bonds. The van der Waals surface area contributed by atoms with E-state index in [0.29, 0.717) is 24.4 Å². The van der Waals surface area contributed by atoms with Crippen LogP contribution in [0.15, 0.2) is 42.9 Å². The van der Waals surface area contributed by atoms with Crippen LogP contribution in [0.3, 0.4) is 0 Å². The molecule has 0 saturated carbocycles. The van der Waals surface area contributed by atoms with Crippen molar-refractivity contribution in [3.8, 4) is 0 Å². The lowest BCUT2D eigenvalue weighted by atomic mass is 9.94. The summed E-state index contributed by atoms with van der Waals surface area (Å²) in [5, 5.41) is 6.21. The molecule has 0 radical (unpaired) electrons. The SMILES string of the molecule is Cc1cc(NC(=O)Cn2c(=O)oc3cc(S(=O)(=O)N4C[C@H](C)C[C@@H](C)C4)ccc32)no1. The van der Waals surface area contributed by atoms with E-state index >= 15 is 0 Å². The van der Waals surface area contributed by atoms with Crippen LogP contribution in [0.4, 0.5) is 5.82 Å².